The molecule has 224 valence electrons. The zero-order valence-electron chi connectivity index (χ0n) is 24.3. The highest BCUT2D eigenvalue weighted by molar-refractivity contribution is 6.05. The van der Waals surface area contributed by atoms with Crippen LogP contribution in [0, 0.1) is 17.3 Å². The minimum Gasteiger partial charge on any atom is -0.370 e. The lowest BCUT2D eigenvalue weighted by Gasteiger charge is -2.48. The largest absolute Gasteiger partial charge is 0.370 e. The molecule has 1 aromatic heterocycles. The minimum absolute atomic E-state index is 0.197. The summed E-state index contributed by atoms with van der Waals surface area (Å²) in [5, 5.41) is 11.1. The summed E-state index contributed by atoms with van der Waals surface area (Å²) < 4.78 is 0. The average Bonchev–Trinajstić information content (AvgIpc) is 3.55. The lowest BCUT2D eigenvalue weighted by molar-refractivity contribution is -0.137. The molecule has 0 radical (unpaired) electrons. The number of benzene rings is 1. The molecule has 43 heavy (non-hydrogen) atoms. The number of nitrogens with two attached hydrogens (primary N) is 1. The van der Waals surface area contributed by atoms with Gasteiger partial charge < -0.3 is 20.4 Å². The fraction of sp³-hybridized carbons (Fsp3) is 0.500. The first-order valence-corrected chi connectivity index (χ1v) is 15.2. The first-order valence-electron chi connectivity index (χ1n) is 15.2. The van der Waals surface area contributed by atoms with E-state index in [1.54, 1.807) is 12.1 Å². The van der Waals surface area contributed by atoms with E-state index in [-0.39, 0.29) is 24.1 Å². The Morgan fingerprint density at radius 3 is 2.63 bits per heavy atom. The third kappa shape index (κ3) is 6.39. The Labute approximate surface area is 251 Å². The van der Waals surface area contributed by atoms with Gasteiger partial charge in [-0.25, -0.2) is 0 Å². The van der Waals surface area contributed by atoms with Crippen molar-refractivity contribution in [3.05, 3.63) is 52.7 Å². The molecule has 0 bridgehead atoms. The number of nitrogens with zero attached hydrogens (tertiary/aromatic N) is 5. The van der Waals surface area contributed by atoms with Gasteiger partial charge in [-0.1, -0.05) is 18.8 Å². The number of aromatic nitrogens is 2. The molecule has 11 nitrogen and oxygen atoms in total. The van der Waals surface area contributed by atoms with Crippen LogP contribution in [0.3, 0.4) is 0 Å². The summed E-state index contributed by atoms with van der Waals surface area (Å²) in [7, 11) is 0. The van der Waals surface area contributed by atoms with Gasteiger partial charge in [0, 0.05) is 62.1 Å². The summed E-state index contributed by atoms with van der Waals surface area (Å²) in [6.45, 7) is 5.65. The van der Waals surface area contributed by atoms with Crippen LogP contribution in [-0.2, 0) is 20.9 Å². The summed E-state index contributed by atoms with van der Waals surface area (Å²) >= 11 is 0. The molecule has 3 saturated heterocycles. The number of likely N-dealkylation sites (tertiary alicyclic amines) is 1. The molecule has 2 aromatic rings. The maximum absolute atomic E-state index is 12.9. The molecule has 1 aromatic carbocycles. The maximum atomic E-state index is 12.9. The molecule has 6 rings (SSSR count). The number of hydrogen-bond acceptors (Lipinski definition) is 8. The van der Waals surface area contributed by atoms with Crippen molar-refractivity contribution in [3.8, 4) is 11.8 Å². The van der Waals surface area contributed by atoms with E-state index in [0.717, 1.165) is 81.8 Å². The molecular formula is C32H37N7O4. The van der Waals surface area contributed by atoms with E-state index in [0.29, 0.717) is 36.1 Å². The lowest BCUT2D eigenvalue weighted by Crippen LogP contribution is -2.57. The third-order valence-electron chi connectivity index (χ3n) is 9.04. The predicted octanol–water partition coefficient (Wildman–Crippen LogP) is 1.59. The van der Waals surface area contributed by atoms with Gasteiger partial charge in [-0.15, -0.1) is 10.2 Å². The molecule has 11 heteroatoms. The van der Waals surface area contributed by atoms with Crippen LogP contribution < -0.4 is 16.0 Å². The van der Waals surface area contributed by atoms with Crippen molar-refractivity contribution in [2.75, 3.05) is 37.6 Å². The standard InChI is InChI=1S/C32H37N7O4/c33-27(40)5-3-1-2-4-15-37-19-32(20-37)14-16-38(21-32)28-12-9-24(35-36-28)8-6-22-7-10-25-23(17-22)18-39(31(25)43)26-11-13-29(41)34-30(26)42/h7,9-10,12,17,26H,1-5,11,13-16,18-21H2,(H2,33,40)(H,34,41,42). The second kappa shape index (κ2) is 12.1. The molecule has 0 saturated carbocycles. The number of carbonyl (C=O) groups excluding carboxylic acids is 4. The van der Waals surface area contributed by atoms with Crippen molar-refractivity contribution < 1.29 is 19.2 Å². The first kappa shape index (κ1) is 28.8. The molecule has 1 spiro atoms. The van der Waals surface area contributed by atoms with Crippen molar-refractivity contribution in [3.63, 3.8) is 0 Å². The zero-order chi connectivity index (χ0) is 30.0. The predicted molar refractivity (Wildman–Crippen MR) is 158 cm³/mol. The number of imide groups is 1. The zero-order valence-corrected chi connectivity index (χ0v) is 24.3. The molecule has 1 atom stereocenters. The smallest absolute Gasteiger partial charge is 0.255 e. The minimum atomic E-state index is -0.633. The normalized spacial score (nSPS) is 20.9. The Hall–Kier alpha value is -4.30. The Balaban J connectivity index is 0.986. The van der Waals surface area contributed by atoms with E-state index < -0.39 is 11.9 Å². The second-order valence-corrected chi connectivity index (χ2v) is 12.3. The first-order chi connectivity index (χ1) is 20.8. The monoisotopic (exact) mass is 583 g/mol. The van der Waals surface area contributed by atoms with Gasteiger partial charge in [0.15, 0.2) is 5.82 Å². The number of fused-ring (bicyclic) bond motifs is 1. The molecule has 5 heterocycles. The van der Waals surface area contributed by atoms with Crippen LogP contribution in [0.15, 0.2) is 30.3 Å². The van der Waals surface area contributed by atoms with Gasteiger partial charge in [0.1, 0.15) is 11.7 Å². The summed E-state index contributed by atoms with van der Waals surface area (Å²) in [5.41, 5.74) is 8.26. The summed E-state index contributed by atoms with van der Waals surface area (Å²) in [4.78, 5) is 53.9. The van der Waals surface area contributed by atoms with Crippen molar-refractivity contribution in [2.24, 2.45) is 11.1 Å². The molecule has 4 aliphatic heterocycles. The molecule has 0 aliphatic carbocycles. The molecule has 1 unspecified atom stereocenters. The summed E-state index contributed by atoms with van der Waals surface area (Å²) in [6.07, 6.45) is 6.48. The number of rotatable bonds is 9. The van der Waals surface area contributed by atoms with Gasteiger partial charge in [-0.2, -0.15) is 0 Å². The fourth-order valence-corrected chi connectivity index (χ4v) is 6.79. The number of piperidine rings is 1. The van der Waals surface area contributed by atoms with Crippen LogP contribution in [0.5, 0.6) is 0 Å². The van der Waals surface area contributed by atoms with Gasteiger partial charge in [-0.05, 0) is 74.0 Å². The fourth-order valence-electron chi connectivity index (χ4n) is 6.79. The van der Waals surface area contributed by atoms with E-state index in [1.807, 2.05) is 18.2 Å². The maximum Gasteiger partial charge on any atom is 0.255 e. The SMILES string of the molecule is NC(=O)CCCCCCN1CC2(CCN(c3ccc(C#Cc4ccc5c(c4)CN(C4CCC(=O)NC4=O)C5=O)nn3)C2)C1. The second-order valence-electron chi connectivity index (χ2n) is 12.3. The highest BCUT2D eigenvalue weighted by Gasteiger charge is 2.47. The van der Waals surface area contributed by atoms with E-state index in [1.165, 1.54) is 4.90 Å². The molecule has 4 amide bonds. The van der Waals surface area contributed by atoms with Crippen LogP contribution in [0.2, 0.25) is 0 Å². The van der Waals surface area contributed by atoms with Gasteiger partial charge in [-0.3, -0.25) is 24.5 Å². The Kier molecular flexibility index (Phi) is 8.13. The number of amides is 4. The highest BCUT2D eigenvalue weighted by atomic mass is 16.2. The van der Waals surface area contributed by atoms with E-state index in [2.05, 4.69) is 37.2 Å². The quantitative estimate of drug-likeness (QED) is 0.258. The lowest BCUT2D eigenvalue weighted by atomic mass is 9.79. The summed E-state index contributed by atoms with van der Waals surface area (Å²) in [6, 6.07) is 8.68. The number of unbranched alkanes of at least 4 members (excludes halogenated alkanes) is 3. The van der Waals surface area contributed by atoms with Crippen molar-refractivity contribution in [1.82, 2.24) is 25.3 Å². The van der Waals surface area contributed by atoms with Gasteiger partial charge >= 0.3 is 0 Å². The van der Waals surface area contributed by atoms with Crippen LogP contribution in [-0.4, -0.2) is 82.4 Å². The average molecular weight is 584 g/mol. The van der Waals surface area contributed by atoms with Crippen LogP contribution >= 0.6 is 0 Å². The molecule has 3 N–H and O–H groups in total. The highest BCUT2D eigenvalue weighted by Crippen LogP contribution is 2.40. The van der Waals surface area contributed by atoms with E-state index >= 15 is 0 Å². The number of hydrogen-bond donors (Lipinski definition) is 2. The van der Waals surface area contributed by atoms with E-state index in [9.17, 15) is 19.2 Å². The van der Waals surface area contributed by atoms with Crippen molar-refractivity contribution in [2.45, 2.75) is 64.0 Å². The van der Waals surface area contributed by atoms with Gasteiger partial charge in [0.25, 0.3) is 5.91 Å². The Morgan fingerprint density at radius 1 is 1.02 bits per heavy atom. The van der Waals surface area contributed by atoms with Gasteiger partial charge in [0.05, 0.1) is 0 Å². The molecule has 3 fully saturated rings. The van der Waals surface area contributed by atoms with E-state index in [4.69, 9.17) is 5.73 Å². The number of primary amides is 1. The van der Waals surface area contributed by atoms with Crippen LogP contribution in [0.4, 0.5) is 5.82 Å². The Bertz CT molecular complexity index is 1490. The van der Waals surface area contributed by atoms with Crippen LogP contribution in [0.25, 0.3) is 0 Å². The summed E-state index contributed by atoms with van der Waals surface area (Å²) in [5.74, 6) is 5.96. The van der Waals surface area contributed by atoms with Crippen LogP contribution in [0.1, 0.15) is 78.5 Å². The Morgan fingerprint density at radius 2 is 1.86 bits per heavy atom. The number of anilines is 1. The topological polar surface area (TPSA) is 142 Å². The third-order valence-corrected chi connectivity index (χ3v) is 9.04. The van der Waals surface area contributed by atoms with Crippen molar-refractivity contribution in [1.29, 1.82) is 0 Å². The molecular weight excluding hydrogens is 546 g/mol. The molecule has 4 aliphatic rings. The van der Waals surface area contributed by atoms with Gasteiger partial charge in [0.2, 0.25) is 17.7 Å². The van der Waals surface area contributed by atoms with Crippen molar-refractivity contribution >= 4 is 29.4 Å². The number of nitrogens with one attached hydrogen (secondary N) is 1. The number of carbonyl (C=O) groups is 4.